The highest BCUT2D eigenvalue weighted by Gasteiger charge is 2.24. The Morgan fingerprint density at radius 3 is 2.32 bits per heavy atom. The van der Waals surface area contributed by atoms with Gasteiger partial charge in [0.25, 0.3) is 0 Å². The predicted octanol–water partition coefficient (Wildman–Crippen LogP) is 11.6. The fourth-order valence-electron chi connectivity index (χ4n) is 7.73. The van der Waals surface area contributed by atoms with Crippen LogP contribution in [-0.4, -0.2) is 11.7 Å². The molecule has 0 saturated heterocycles. The normalized spacial score (nSPS) is 17.1. The van der Waals surface area contributed by atoms with Crippen LogP contribution in [0.25, 0.3) is 60.7 Å². The maximum atomic E-state index is 6.47. The van der Waals surface area contributed by atoms with Gasteiger partial charge in [0.15, 0.2) is 5.84 Å². The van der Waals surface area contributed by atoms with E-state index in [9.17, 15) is 0 Å². The summed E-state index contributed by atoms with van der Waals surface area (Å²) < 4.78 is 6.47. The van der Waals surface area contributed by atoms with Crippen LogP contribution in [0.15, 0.2) is 160 Å². The molecule has 0 amide bonds. The van der Waals surface area contributed by atoms with Gasteiger partial charge in [0.2, 0.25) is 0 Å². The van der Waals surface area contributed by atoms with E-state index in [1.165, 1.54) is 43.8 Å². The summed E-state index contributed by atoms with van der Waals surface area (Å²) in [5.41, 5.74) is 9.85. The third-order valence-corrected chi connectivity index (χ3v) is 10.4. The average Bonchev–Trinajstić information content (AvgIpc) is 3.56. The molecule has 238 valence electrons. The smallest absolute Gasteiger partial charge is 0.159 e. The van der Waals surface area contributed by atoms with Crippen LogP contribution in [0.2, 0.25) is 0 Å². The topological polar surface area (TPSA) is 49.9 Å². The zero-order chi connectivity index (χ0) is 33.2. The number of nitrogens with zero attached hydrogens (tertiary/aromatic N) is 2. The minimum absolute atomic E-state index is 0.308. The molecule has 2 atom stereocenters. The maximum absolute atomic E-state index is 6.47. The minimum Gasteiger partial charge on any atom is -0.456 e. The van der Waals surface area contributed by atoms with E-state index in [2.05, 4.69) is 152 Å². The van der Waals surface area contributed by atoms with Gasteiger partial charge in [-0.1, -0.05) is 134 Å². The second-order valence-corrected chi connectivity index (χ2v) is 13.5. The first-order valence-electron chi connectivity index (χ1n) is 17.3. The van der Waals surface area contributed by atoms with Crippen molar-refractivity contribution in [2.24, 2.45) is 9.98 Å². The van der Waals surface area contributed by atoms with Crippen molar-refractivity contribution in [1.82, 2.24) is 5.32 Å². The van der Waals surface area contributed by atoms with E-state index in [0.717, 1.165) is 50.9 Å². The Morgan fingerprint density at radius 2 is 1.40 bits per heavy atom. The summed E-state index contributed by atoms with van der Waals surface area (Å²) in [6.45, 7) is 2.31. The molecule has 0 unspecified atom stereocenters. The van der Waals surface area contributed by atoms with Crippen molar-refractivity contribution in [2.45, 2.75) is 25.4 Å². The van der Waals surface area contributed by atoms with E-state index in [4.69, 9.17) is 14.4 Å². The van der Waals surface area contributed by atoms with Crippen molar-refractivity contribution >= 4 is 61.2 Å². The highest BCUT2D eigenvalue weighted by molar-refractivity contribution is 6.22. The van der Waals surface area contributed by atoms with E-state index >= 15 is 0 Å². The molecule has 1 aliphatic carbocycles. The fraction of sp³-hybridized carbons (Fsp3) is 0.0870. The fourth-order valence-corrected chi connectivity index (χ4v) is 7.73. The van der Waals surface area contributed by atoms with Crippen LogP contribution in [0.5, 0.6) is 0 Å². The summed E-state index contributed by atoms with van der Waals surface area (Å²) in [5.74, 6) is 1.98. The number of hydrogen-bond acceptors (Lipinski definition) is 4. The van der Waals surface area contributed by atoms with Crippen LogP contribution in [0.3, 0.4) is 0 Å². The summed E-state index contributed by atoms with van der Waals surface area (Å²) >= 11 is 0. The number of furan rings is 1. The predicted molar refractivity (Wildman–Crippen MR) is 208 cm³/mol. The first-order chi connectivity index (χ1) is 24.7. The van der Waals surface area contributed by atoms with E-state index < -0.39 is 0 Å². The molecule has 4 nitrogen and oxygen atoms in total. The number of amidine groups is 2. The largest absolute Gasteiger partial charge is 0.456 e. The van der Waals surface area contributed by atoms with Crippen LogP contribution in [0, 0.1) is 0 Å². The van der Waals surface area contributed by atoms with Crippen LogP contribution >= 0.6 is 0 Å². The van der Waals surface area contributed by atoms with Gasteiger partial charge in [-0.15, -0.1) is 0 Å². The van der Waals surface area contributed by atoms with Gasteiger partial charge in [-0.2, -0.15) is 0 Å². The second kappa shape index (κ2) is 11.4. The molecule has 2 heterocycles. The van der Waals surface area contributed by atoms with E-state index in [1.54, 1.807) is 0 Å². The lowest BCUT2D eigenvalue weighted by Gasteiger charge is -2.24. The minimum atomic E-state index is -0.308. The molecule has 0 saturated carbocycles. The Labute approximate surface area is 290 Å². The Bertz CT molecular complexity index is 2730. The van der Waals surface area contributed by atoms with Crippen molar-refractivity contribution in [3.8, 4) is 11.1 Å². The Balaban J connectivity index is 1.14. The first kappa shape index (κ1) is 28.7. The van der Waals surface area contributed by atoms with Crippen LogP contribution in [-0.2, 0) is 0 Å². The van der Waals surface area contributed by atoms with Gasteiger partial charge in [0.1, 0.15) is 23.2 Å². The highest BCUT2D eigenvalue weighted by atomic mass is 16.3. The molecular weight excluding hydrogens is 611 g/mol. The van der Waals surface area contributed by atoms with Gasteiger partial charge >= 0.3 is 0 Å². The molecule has 4 heteroatoms. The molecule has 10 rings (SSSR count). The van der Waals surface area contributed by atoms with Gasteiger partial charge in [0.05, 0.1) is 0 Å². The Morgan fingerprint density at radius 1 is 0.640 bits per heavy atom. The van der Waals surface area contributed by atoms with E-state index in [0.29, 0.717) is 11.8 Å². The molecule has 2 aliphatic rings. The van der Waals surface area contributed by atoms with Gasteiger partial charge in [-0.25, -0.2) is 9.98 Å². The molecule has 1 aromatic heterocycles. The van der Waals surface area contributed by atoms with Crippen molar-refractivity contribution < 1.29 is 4.42 Å². The van der Waals surface area contributed by atoms with Gasteiger partial charge in [-0.05, 0) is 86.0 Å². The number of aliphatic imine (C=N–C) groups is 2. The number of fused-ring (bicyclic) bond motifs is 7. The Hall–Kier alpha value is -6.26. The monoisotopic (exact) mass is 643 g/mol. The number of benzene rings is 7. The van der Waals surface area contributed by atoms with Gasteiger partial charge < -0.3 is 9.73 Å². The number of hydrogen-bond donors (Lipinski definition) is 1. The summed E-state index contributed by atoms with van der Waals surface area (Å²) in [5, 5.41) is 10.6. The van der Waals surface area contributed by atoms with E-state index in [1.807, 2.05) is 12.1 Å². The lowest BCUT2D eigenvalue weighted by atomic mass is 9.86. The quantitative estimate of drug-likeness (QED) is 0.194. The van der Waals surface area contributed by atoms with Crippen LogP contribution < -0.4 is 5.32 Å². The van der Waals surface area contributed by atoms with Crippen LogP contribution in [0.1, 0.15) is 53.2 Å². The summed E-state index contributed by atoms with van der Waals surface area (Å²) in [7, 11) is 0. The molecule has 0 spiro atoms. The summed E-state index contributed by atoms with van der Waals surface area (Å²) in [6.07, 6.45) is 5.29. The molecule has 0 radical (unpaired) electrons. The Kier molecular flexibility index (Phi) is 6.56. The van der Waals surface area contributed by atoms with Crippen molar-refractivity contribution in [3.63, 3.8) is 0 Å². The SMILES string of the molecule is C[C@H]1CC=Cc2ccc(-c3ccc4oc5cccc(C6=NC(c7ccc8ccc9ccccc9c8c7)=N[C@H](c7ccccc7)N6)c5c4c3)cc21. The highest BCUT2D eigenvalue weighted by Crippen LogP contribution is 2.38. The number of allylic oxidation sites excluding steroid dienone is 1. The third-order valence-electron chi connectivity index (χ3n) is 10.4. The average molecular weight is 644 g/mol. The molecule has 50 heavy (non-hydrogen) atoms. The molecule has 8 aromatic rings. The van der Waals surface area contributed by atoms with Gasteiger partial charge in [-0.3, -0.25) is 0 Å². The van der Waals surface area contributed by atoms with Crippen molar-refractivity contribution in [3.05, 3.63) is 173 Å². The number of rotatable bonds is 4. The lowest BCUT2D eigenvalue weighted by molar-refractivity contribution is 0.668. The lowest BCUT2D eigenvalue weighted by Crippen LogP contribution is -2.33. The molecule has 1 N–H and O–H groups in total. The summed E-state index contributed by atoms with van der Waals surface area (Å²) in [4.78, 5) is 10.5. The molecular formula is C46H33N3O. The zero-order valence-electron chi connectivity index (χ0n) is 27.6. The molecule has 0 bridgehead atoms. The third kappa shape index (κ3) is 4.75. The molecule has 7 aromatic carbocycles. The van der Waals surface area contributed by atoms with Crippen molar-refractivity contribution in [1.29, 1.82) is 0 Å². The van der Waals surface area contributed by atoms with Gasteiger partial charge in [0, 0.05) is 21.9 Å². The number of nitrogens with one attached hydrogen (secondary N) is 1. The second-order valence-electron chi connectivity index (χ2n) is 13.5. The van der Waals surface area contributed by atoms with Crippen LogP contribution in [0.4, 0.5) is 0 Å². The first-order valence-corrected chi connectivity index (χ1v) is 17.3. The summed E-state index contributed by atoms with van der Waals surface area (Å²) in [6, 6.07) is 49.5. The maximum Gasteiger partial charge on any atom is 0.159 e. The molecule has 0 fully saturated rings. The molecule has 1 aliphatic heterocycles. The van der Waals surface area contributed by atoms with Crippen molar-refractivity contribution in [2.75, 3.05) is 0 Å². The van der Waals surface area contributed by atoms with E-state index in [-0.39, 0.29) is 6.17 Å². The zero-order valence-corrected chi connectivity index (χ0v) is 27.6. The standard InChI is InChI=1S/C46H33N3O/c1-28-9-7-13-30-19-21-33(25-38(28)30)34-23-24-41-40(26-34)43-37(15-8-16-42(43)50-41)46-48-44(32-11-3-2-4-12-32)47-45(49-46)35-22-20-31-18-17-29-10-5-6-14-36(29)39(31)27-35/h2-8,10-28,44H,9H2,1H3,(H,47,48,49)/t28-,44-/m0/s1.